The number of benzene rings is 8. The summed E-state index contributed by atoms with van der Waals surface area (Å²) < 4.78 is 6.48. The smallest absolute Gasteiger partial charge is 0.143 e. The standard InChI is InChI=1S/C46H31NO/c1-3-10-32(11-4-1)34-18-25-38(26-19-34)47(39-27-20-35(21-28-39)33-12-5-2-6-13-33)40-29-22-36(23-30-40)41-16-9-14-37-24-31-43-42-15-7-8-17-44(42)48-46(43)45(37)41/h1-31H. The molecule has 1 heterocycles. The summed E-state index contributed by atoms with van der Waals surface area (Å²) in [7, 11) is 0. The number of nitrogens with zero attached hydrogens (tertiary/aromatic N) is 1. The molecule has 0 aliphatic rings. The Morgan fingerprint density at radius 3 is 1.42 bits per heavy atom. The molecule has 1 aromatic heterocycles. The molecule has 0 radical (unpaired) electrons. The van der Waals surface area contributed by atoms with Crippen molar-refractivity contribution in [1.82, 2.24) is 0 Å². The SMILES string of the molecule is c1ccc(-c2ccc(N(c3ccc(-c4ccccc4)cc3)c3ccc(-c4cccc5ccc6c7ccccc7oc6c45)cc3)cc2)cc1. The van der Waals surface area contributed by atoms with Crippen molar-refractivity contribution in [3.63, 3.8) is 0 Å². The molecular formula is C46H31NO. The molecule has 0 aliphatic carbocycles. The molecule has 2 heteroatoms. The zero-order chi connectivity index (χ0) is 31.9. The van der Waals surface area contributed by atoms with E-state index in [4.69, 9.17) is 4.42 Å². The Labute approximate surface area is 279 Å². The van der Waals surface area contributed by atoms with Gasteiger partial charge in [0.05, 0.1) is 0 Å². The monoisotopic (exact) mass is 613 g/mol. The van der Waals surface area contributed by atoms with Gasteiger partial charge in [-0.2, -0.15) is 0 Å². The van der Waals surface area contributed by atoms with Crippen LogP contribution in [0.3, 0.4) is 0 Å². The third-order valence-corrected chi connectivity index (χ3v) is 9.29. The summed E-state index contributed by atoms with van der Waals surface area (Å²) >= 11 is 0. The molecule has 0 amide bonds. The van der Waals surface area contributed by atoms with Crippen molar-refractivity contribution >= 4 is 49.8 Å². The summed E-state index contributed by atoms with van der Waals surface area (Å²) in [5, 5.41) is 4.60. The molecule has 0 saturated carbocycles. The van der Waals surface area contributed by atoms with Crippen LogP contribution in [0.1, 0.15) is 0 Å². The largest absolute Gasteiger partial charge is 0.455 e. The fraction of sp³-hybridized carbons (Fsp3) is 0. The normalized spacial score (nSPS) is 11.3. The van der Waals surface area contributed by atoms with Crippen LogP contribution in [0.15, 0.2) is 192 Å². The van der Waals surface area contributed by atoms with E-state index in [9.17, 15) is 0 Å². The van der Waals surface area contributed by atoms with Crippen molar-refractivity contribution in [3.05, 3.63) is 188 Å². The van der Waals surface area contributed by atoms with Crippen LogP contribution in [0, 0.1) is 0 Å². The van der Waals surface area contributed by atoms with E-state index < -0.39 is 0 Å². The molecule has 0 aliphatic heterocycles. The number of furan rings is 1. The highest BCUT2D eigenvalue weighted by atomic mass is 16.3. The van der Waals surface area contributed by atoms with E-state index >= 15 is 0 Å². The Bertz CT molecular complexity index is 2430. The van der Waals surface area contributed by atoms with E-state index in [1.54, 1.807) is 0 Å². The average molecular weight is 614 g/mol. The molecular weight excluding hydrogens is 583 g/mol. The summed E-state index contributed by atoms with van der Waals surface area (Å²) in [6, 6.07) is 66.8. The van der Waals surface area contributed by atoms with Gasteiger partial charge in [0.15, 0.2) is 0 Å². The maximum atomic E-state index is 6.48. The molecule has 8 aromatic carbocycles. The van der Waals surface area contributed by atoms with Gasteiger partial charge in [-0.25, -0.2) is 0 Å². The molecule has 0 spiro atoms. The van der Waals surface area contributed by atoms with Gasteiger partial charge in [0, 0.05) is 33.2 Å². The van der Waals surface area contributed by atoms with Crippen molar-refractivity contribution in [2.45, 2.75) is 0 Å². The molecule has 0 bridgehead atoms. The zero-order valence-electron chi connectivity index (χ0n) is 26.3. The van der Waals surface area contributed by atoms with Crippen LogP contribution in [0.2, 0.25) is 0 Å². The molecule has 0 unspecified atom stereocenters. The van der Waals surface area contributed by atoms with Gasteiger partial charge in [0.2, 0.25) is 0 Å². The highest BCUT2D eigenvalue weighted by molar-refractivity contribution is 6.18. The predicted octanol–water partition coefficient (Wildman–Crippen LogP) is 13.2. The third kappa shape index (κ3) is 4.92. The Morgan fingerprint density at radius 1 is 0.333 bits per heavy atom. The number of hydrogen-bond donors (Lipinski definition) is 0. The summed E-state index contributed by atoms with van der Waals surface area (Å²) in [5.74, 6) is 0. The molecule has 2 nitrogen and oxygen atoms in total. The Morgan fingerprint density at radius 2 is 0.833 bits per heavy atom. The number of anilines is 3. The molecule has 0 N–H and O–H groups in total. The van der Waals surface area contributed by atoms with E-state index in [2.05, 4.69) is 181 Å². The van der Waals surface area contributed by atoms with E-state index in [-0.39, 0.29) is 0 Å². The number of para-hydroxylation sites is 1. The Kier molecular flexibility index (Phi) is 6.84. The first-order chi connectivity index (χ1) is 23.8. The summed E-state index contributed by atoms with van der Waals surface area (Å²) in [5.41, 5.74) is 12.3. The lowest BCUT2D eigenvalue weighted by Crippen LogP contribution is -2.09. The number of rotatable bonds is 6. The molecule has 48 heavy (non-hydrogen) atoms. The fourth-order valence-corrected chi connectivity index (χ4v) is 6.90. The number of fused-ring (bicyclic) bond motifs is 5. The summed E-state index contributed by atoms with van der Waals surface area (Å²) in [6.45, 7) is 0. The van der Waals surface area contributed by atoms with Gasteiger partial charge in [-0.05, 0) is 87.3 Å². The Hall–Kier alpha value is -6.38. The van der Waals surface area contributed by atoms with Gasteiger partial charge >= 0.3 is 0 Å². The molecule has 0 atom stereocenters. The predicted molar refractivity (Wildman–Crippen MR) is 202 cm³/mol. The molecule has 0 fully saturated rings. The zero-order valence-corrected chi connectivity index (χ0v) is 26.3. The fourth-order valence-electron chi connectivity index (χ4n) is 6.90. The van der Waals surface area contributed by atoms with Gasteiger partial charge in [0.1, 0.15) is 11.2 Å². The Balaban J connectivity index is 1.14. The minimum Gasteiger partial charge on any atom is -0.455 e. The highest BCUT2D eigenvalue weighted by Gasteiger charge is 2.16. The molecule has 9 aromatic rings. The second kappa shape index (κ2) is 11.8. The maximum absolute atomic E-state index is 6.48. The van der Waals surface area contributed by atoms with Crippen LogP contribution in [-0.4, -0.2) is 0 Å². The van der Waals surface area contributed by atoms with Crippen LogP contribution in [0.4, 0.5) is 17.1 Å². The number of hydrogen-bond acceptors (Lipinski definition) is 2. The van der Waals surface area contributed by atoms with Gasteiger partial charge in [-0.1, -0.05) is 140 Å². The van der Waals surface area contributed by atoms with Crippen molar-refractivity contribution in [2.75, 3.05) is 4.90 Å². The lowest BCUT2D eigenvalue weighted by molar-refractivity contribution is 0.673. The van der Waals surface area contributed by atoms with Gasteiger partial charge in [-0.15, -0.1) is 0 Å². The first-order valence-corrected chi connectivity index (χ1v) is 16.3. The second-order valence-electron chi connectivity index (χ2n) is 12.2. The lowest BCUT2D eigenvalue weighted by Gasteiger charge is -2.26. The van der Waals surface area contributed by atoms with Crippen LogP contribution in [-0.2, 0) is 0 Å². The quantitative estimate of drug-likeness (QED) is 0.185. The van der Waals surface area contributed by atoms with Crippen molar-refractivity contribution in [1.29, 1.82) is 0 Å². The third-order valence-electron chi connectivity index (χ3n) is 9.29. The summed E-state index contributed by atoms with van der Waals surface area (Å²) in [4.78, 5) is 2.33. The van der Waals surface area contributed by atoms with Crippen molar-refractivity contribution in [3.8, 4) is 33.4 Å². The first kappa shape index (κ1) is 27.9. The van der Waals surface area contributed by atoms with Crippen molar-refractivity contribution in [2.24, 2.45) is 0 Å². The molecule has 0 saturated heterocycles. The second-order valence-corrected chi connectivity index (χ2v) is 12.2. The van der Waals surface area contributed by atoms with Crippen molar-refractivity contribution < 1.29 is 4.42 Å². The first-order valence-electron chi connectivity index (χ1n) is 16.3. The van der Waals surface area contributed by atoms with Crippen LogP contribution in [0.5, 0.6) is 0 Å². The van der Waals surface area contributed by atoms with Gasteiger partial charge in [0.25, 0.3) is 0 Å². The van der Waals surface area contributed by atoms with E-state index in [1.807, 2.05) is 12.1 Å². The lowest BCUT2D eigenvalue weighted by atomic mass is 9.96. The van der Waals surface area contributed by atoms with Crippen LogP contribution >= 0.6 is 0 Å². The topological polar surface area (TPSA) is 16.4 Å². The minimum absolute atomic E-state index is 0.914. The van der Waals surface area contributed by atoms with E-state index in [1.165, 1.54) is 27.6 Å². The highest BCUT2D eigenvalue weighted by Crippen LogP contribution is 2.41. The summed E-state index contributed by atoms with van der Waals surface area (Å²) in [6.07, 6.45) is 0. The molecule has 9 rings (SSSR count). The van der Waals surface area contributed by atoms with E-state index in [0.29, 0.717) is 0 Å². The average Bonchev–Trinajstić information content (AvgIpc) is 3.55. The molecule has 226 valence electrons. The minimum atomic E-state index is 0.914. The van der Waals surface area contributed by atoms with Gasteiger partial charge < -0.3 is 9.32 Å². The van der Waals surface area contributed by atoms with Gasteiger partial charge in [-0.3, -0.25) is 0 Å². The van der Waals surface area contributed by atoms with Crippen LogP contribution < -0.4 is 4.90 Å². The van der Waals surface area contributed by atoms with Crippen LogP contribution in [0.25, 0.3) is 66.1 Å². The maximum Gasteiger partial charge on any atom is 0.143 e. The van der Waals surface area contributed by atoms with E-state index in [0.717, 1.165) is 55.5 Å².